The normalized spacial score (nSPS) is 23.6. The lowest BCUT2D eigenvalue weighted by Crippen LogP contribution is -2.46. The molecular formula is C24H31BrIN5O4S. The zero-order valence-electron chi connectivity index (χ0n) is 20.0. The maximum absolute atomic E-state index is 13.3. The van der Waals surface area contributed by atoms with Gasteiger partial charge in [0, 0.05) is 29.3 Å². The standard InChI is InChI=1S/C24H31BrIN5O4S/c25-19-14-27-24(30-23(19)29-20-8-3-9-21-22(20)35-15-34-21)28-17-10-12-31(13-11-17)36(32,33)18-6-1-4-16(26)5-2-7-18/h3,8-9,14,16-18H,1-2,4-7,10-13,15H2,(H2,27,28,29,30). The van der Waals surface area contributed by atoms with E-state index in [4.69, 9.17) is 9.47 Å². The van der Waals surface area contributed by atoms with Crippen LogP contribution in [-0.2, 0) is 10.0 Å². The number of halogens is 2. The molecule has 3 aliphatic rings. The minimum Gasteiger partial charge on any atom is -0.454 e. The fourth-order valence-corrected chi connectivity index (χ4v) is 8.29. The van der Waals surface area contributed by atoms with Crippen LogP contribution in [0.4, 0.5) is 17.5 Å². The number of benzene rings is 1. The molecule has 2 N–H and O–H groups in total. The first kappa shape index (κ1) is 26.2. The number of fused-ring (bicyclic) bond motifs is 1. The molecule has 3 heterocycles. The van der Waals surface area contributed by atoms with Crippen LogP contribution in [0.25, 0.3) is 0 Å². The Morgan fingerprint density at radius 3 is 2.56 bits per heavy atom. The van der Waals surface area contributed by atoms with E-state index < -0.39 is 10.0 Å². The first-order chi connectivity index (χ1) is 17.4. The van der Waals surface area contributed by atoms with Gasteiger partial charge in [0.15, 0.2) is 11.5 Å². The Morgan fingerprint density at radius 1 is 1.06 bits per heavy atom. The quantitative estimate of drug-likeness (QED) is 0.305. The summed E-state index contributed by atoms with van der Waals surface area (Å²) in [7, 11) is -3.26. The highest BCUT2D eigenvalue weighted by molar-refractivity contribution is 14.1. The molecule has 0 amide bonds. The molecule has 2 fully saturated rings. The molecule has 2 aromatic rings. The summed E-state index contributed by atoms with van der Waals surface area (Å²) in [4.78, 5) is 9.06. The Morgan fingerprint density at radius 2 is 1.81 bits per heavy atom. The third-order valence-electron chi connectivity index (χ3n) is 7.05. The van der Waals surface area contributed by atoms with Gasteiger partial charge >= 0.3 is 0 Å². The fraction of sp³-hybridized carbons (Fsp3) is 0.583. The minimum atomic E-state index is -3.26. The fourth-order valence-electron chi connectivity index (χ4n) is 5.05. The second-order valence-electron chi connectivity index (χ2n) is 9.50. The van der Waals surface area contributed by atoms with Crippen LogP contribution >= 0.6 is 38.5 Å². The van der Waals surface area contributed by atoms with Crippen LogP contribution in [0, 0.1) is 0 Å². The van der Waals surface area contributed by atoms with Crippen molar-refractivity contribution in [2.75, 3.05) is 30.5 Å². The van der Waals surface area contributed by atoms with Gasteiger partial charge in [-0.1, -0.05) is 41.5 Å². The minimum absolute atomic E-state index is 0.111. The highest BCUT2D eigenvalue weighted by atomic mass is 127. The third-order valence-corrected chi connectivity index (χ3v) is 11.3. The van der Waals surface area contributed by atoms with E-state index in [2.05, 4.69) is 59.1 Å². The number of rotatable bonds is 6. The maximum Gasteiger partial charge on any atom is 0.231 e. The zero-order valence-corrected chi connectivity index (χ0v) is 24.5. The lowest BCUT2D eigenvalue weighted by molar-refractivity contribution is 0.174. The van der Waals surface area contributed by atoms with Crippen molar-refractivity contribution in [3.63, 3.8) is 0 Å². The number of ether oxygens (including phenoxy) is 2. The molecule has 1 aromatic heterocycles. The molecule has 0 bridgehead atoms. The molecule has 0 unspecified atom stereocenters. The number of nitrogens with zero attached hydrogens (tertiary/aromatic N) is 3. The largest absolute Gasteiger partial charge is 0.454 e. The molecule has 196 valence electrons. The molecule has 1 aliphatic carbocycles. The highest BCUT2D eigenvalue weighted by Crippen LogP contribution is 2.40. The number of para-hydroxylation sites is 1. The van der Waals surface area contributed by atoms with E-state index in [-0.39, 0.29) is 18.1 Å². The molecule has 0 spiro atoms. The van der Waals surface area contributed by atoms with Crippen LogP contribution in [0.1, 0.15) is 51.4 Å². The van der Waals surface area contributed by atoms with Gasteiger partial charge in [0.25, 0.3) is 0 Å². The second-order valence-corrected chi connectivity index (χ2v) is 14.3. The summed E-state index contributed by atoms with van der Waals surface area (Å²) in [6.07, 6.45) is 8.95. The monoisotopic (exact) mass is 691 g/mol. The van der Waals surface area contributed by atoms with E-state index in [0.29, 0.717) is 40.3 Å². The van der Waals surface area contributed by atoms with Crippen molar-refractivity contribution in [2.45, 2.75) is 66.6 Å². The van der Waals surface area contributed by atoms with Gasteiger partial charge in [-0.15, -0.1) is 0 Å². The molecule has 36 heavy (non-hydrogen) atoms. The lowest BCUT2D eigenvalue weighted by atomic mass is 10.0. The van der Waals surface area contributed by atoms with E-state index in [1.807, 2.05) is 18.2 Å². The number of hydrogen-bond acceptors (Lipinski definition) is 8. The maximum atomic E-state index is 13.3. The van der Waals surface area contributed by atoms with Crippen LogP contribution in [0.15, 0.2) is 28.9 Å². The van der Waals surface area contributed by atoms with Crippen molar-refractivity contribution in [3.8, 4) is 11.5 Å². The summed E-state index contributed by atoms with van der Waals surface area (Å²) in [6, 6.07) is 5.77. The van der Waals surface area contributed by atoms with Gasteiger partial charge < -0.3 is 20.1 Å². The first-order valence-electron chi connectivity index (χ1n) is 12.5. The van der Waals surface area contributed by atoms with Gasteiger partial charge in [-0.3, -0.25) is 0 Å². The summed E-state index contributed by atoms with van der Waals surface area (Å²) < 4.78 is 40.8. The third kappa shape index (κ3) is 6.02. The van der Waals surface area contributed by atoms with Crippen molar-refractivity contribution in [2.24, 2.45) is 0 Å². The second kappa shape index (κ2) is 11.6. The van der Waals surface area contributed by atoms with Gasteiger partial charge in [0.2, 0.25) is 22.8 Å². The van der Waals surface area contributed by atoms with E-state index in [1.165, 1.54) is 0 Å². The topological polar surface area (TPSA) is 106 Å². The summed E-state index contributed by atoms with van der Waals surface area (Å²) in [6.45, 7) is 1.25. The van der Waals surface area contributed by atoms with Gasteiger partial charge in [-0.05, 0) is 66.6 Å². The van der Waals surface area contributed by atoms with Crippen molar-refractivity contribution < 1.29 is 17.9 Å². The van der Waals surface area contributed by atoms with Gasteiger partial charge in [0.1, 0.15) is 5.82 Å². The van der Waals surface area contributed by atoms with Gasteiger partial charge in [-0.2, -0.15) is 4.98 Å². The highest BCUT2D eigenvalue weighted by Gasteiger charge is 2.35. The number of hydrogen-bond donors (Lipinski definition) is 2. The Bertz CT molecular complexity index is 1170. The summed E-state index contributed by atoms with van der Waals surface area (Å²) in [5.74, 6) is 2.46. The average Bonchev–Trinajstić information content (AvgIpc) is 3.34. The predicted molar refractivity (Wildman–Crippen MR) is 152 cm³/mol. The molecule has 0 atom stereocenters. The van der Waals surface area contributed by atoms with Crippen LogP contribution in [0.5, 0.6) is 11.5 Å². The van der Waals surface area contributed by atoms with Crippen LogP contribution < -0.4 is 20.1 Å². The van der Waals surface area contributed by atoms with Crippen LogP contribution in [0.2, 0.25) is 0 Å². The molecule has 2 aliphatic heterocycles. The Hall–Kier alpha value is -1.38. The molecule has 12 heteroatoms. The van der Waals surface area contributed by atoms with E-state index >= 15 is 0 Å². The zero-order chi connectivity index (χ0) is 25.1. The number of aromatic nitrogens is 2. The van der Waals surface area contributed by atoms with Crippen LogP contribution in [0.3, 0.4) is 0 Å². The summed E-state index contributed by atoms with van der Waals surface area (Å²) >= 11 is 6.02. The van der Waals surface area contributed by atoms with Gasteiger partial charge in [0.05, 0.1) is 15.4 Å². The molecular weight excluding hydrogens is 661 g/mol. The smallest absolute Gasteiger partial charge is 0.231 e. The summed E-state index contributed by atoms with van der Waals surface area (Å²) in [5.41, 5.74) is 0.761. The Labute approximate surface area is 234 Å². The number of piperidine rings is 1. The molecule has 0 radical (unpaired) electrons. The molecule has 5 rings (SSSR count). The Balaban J connectivity index is 1.19. The SMILES string of the molecule is O=S(=O)(C1CCCC(I)CCC1)N1CCC(Nc2ncc(Br)c(Nc3cccc4c3OCO4)n2)CC1. The number of sulfonamides is 1. The first-order valence-corrected chi connectivity index (χ1v) is 16.0. The van der Waals surface area contributed by atoms with E-state index in [9.17, 15) is 8.42 Å². The predicted octanol–water partition coefficient (Wildman–Crippen LogP) is 5.44. The number of nitrogens with one attached hydrogen (secondary N) is 2. The molecule has 1 aromatic carbocycles. The molecule has 9 nitrogen and oxygen atoms in total. The molecule has 1 saturated heterocycles. The van der Waals surface area contributed by atoms with Crippen molar-refractivity contribution in [1.29, 1.82) is 0 Å². The van der Waals surface area contributed by atoms with Crippen molar-refractivity contribution in [1.82, 2.24) is 14.3 Å². The van der Waals surface area contributed by atoms with Crippen molar-refractivity contribution in [3.05, 3.63) is 28.9 Å². The number of anilines is 3. The van der Waals surface area contributed by atoms with E-state index in [0.717, 1.165) is 61.5 Å². The summed E-state index contributed by atoms with van der Waals surface area (Å²) in [5, 5.41) is 6.46. The van der Waals surface area contributed by atoms with Gasteiger partial charge in [-0.25, -0.2) is 17.7 Å². The molecule has 1 saturated carbocycles. The number of alkyl halides is 1. The Kier molecular flexibility index (Phi) is 8.43. The van der Waals surface area contributed by atoms with E-state index in [1.54, 1.807) is 10.5 Å². The van der Waals surface area contributed by atoms with Crippen LogP contribution in [-0.4, -0.2) is 57.8 Å². The lowest BCUT2D eigenvalue weighted by Gasteiger charge is -2.34. The van der Waals surface area contributed by atoms with Crippen molar-refractivity contribution >= 4 is 66.0 Å². The average molecular weight is 692 g/mol.